The minimum atomic E-state index is 0.390. The Hall–Kier alpha value is -0.540. The van der Waals surface area contributed by atoms with Crippen LogP contribution in [0.15, 0.2) is 22.7 Å². The molecule has 1 aliphatic heterocycles. The van der Waals surface area contributed by atoms with Crippen LogP contribution in [0.1, 0.15) is 52.1 Å². The van der Waals surface area contributed by atoms with Crippen molar-refractivity contribution in [3.63, 3.8) is 0 Å². The molecule has 1 saturated heterocycles. The summed E-state index contributed by atoms with van der Waals surface area (Å²) in [4.78, 5) is 2.56. The van der Waals surface area contributed by atoms with Gasteiger partial charge in [0.15, 0.2) is 0 Å². The van der Waals surface area contributed by atoms with Crippen molar-refractivity contribution in [1.29, 1.82) is 0 Å². The molecule has 2 rings (SSSR count). The number of halogens is 1. The van der Waals surface area contributed by atoms with Crippen molar-refractivity contribution < 1.29 is 0 Å². The third-order valence-corrected chi connectivity index (χ3v) is 5.35. The number of anilines is 1. The lowest BCUT2D eigenvalue weighted by atomic mass is 9.91. The molecule has 0 bridgehead atoms. The Balaban J connectivity index is 2.20. The standard InChI is InChI=1S/C17H27BrN2/c1-5-19-13(3)16-9-8-15(11-17(16)18)20-10-6-7-12(2)14(20)4/h8-9,11-14,19H,5-7,10H2,1-4H3. The van der Waals surface area contributed by atoms with Crippen LogP contribution in [0.3, 0.4) is 0 Å². The normalized spacial score (nSPS) is 24.8. The van der Waals surface area contributed by atoms with E-state index in [1.165, 1.54) is 35.1 Å². The van der Waals surface area contributed by atoms with E-state index in [0.29, 0.717) is 12.1 Å². The number of nitrogens with zero attached hydrogens (tertiary/aromatic N) is 1. The molecule has 3 unspecified atom stereocenters. The Bertz CT molecular complexity index is 447. The molecule has 0 saturated carbocycles. The summed E-state index contributed by atoms with van der Waals surface area (Å²) >= 11 is 3.75. The van der Waals surface area contributed by atoms with Crippen molar-refractivity contribution in [1.82, 2.24) is 5.32 Å². The van der Waals surface area contributed by atoms with Crippen LogP contribution in [0, 0.1) is 5.92 Å². The average Bonchev–Trinajstić information content (AvgIpc) is 2.42. The zero-order chi connectivity index (χ0) is 14.7. The Kier molecular flexibility index (Phi) is 5.50. The molecular weight excluding hydrogens is 312 g/mol. The first-order chi connectivity index (χ1) is 9.54. The molecule has 2 nitrogen and oxygen atoms in total. The molecule has 0 aliphatic carbocycles. The van der Waals surface area contributed by atoms with E-state index < -0.39 is 0 Å². The fourth-order valence-electron chi connectivity index (χ4n) is 3.16. The van der Waals surface area contributed by atoms with Crippen LogP contribution < -0.4 is 10.2 Å². The molecule has 1 N–H and O–H groups in total. The van der Waals surface area contributed by atoms with E-state index in [0.717, 1.165) is 12.5 Å². The molecule has 1 fully saturated rings. The van der Waals surface area contributed by atoms with Gasteiger partial charge in [-0.15, -0.1) is 0 Å². The van der Waals surface area contributed by atoms with Gasteiger partial charge in [-0.25, -0.2) is 0 Å². The third kappa shape index (κ3) is 3.37. The molecular formula is C17H27BrN2. The summed E-state index contributed by atoms with van der Waals surface area (Å²) in [7, 11) is 0. The Morgan fingerprint density at radius 1 is 1.40 bits per heavy atom. The maximum absolute atomic E-state index is 3.75. The number of benzene rings is 1. The lowest BCUT2D eigenvalue weighted by molar-refractivity contribution is 0.363. The summed E-state index contributed by atoms with van der Waals surface area (Å²) < 4.78 is 1.22. The van der Waals surface area contributed by atoms with Gasteiger partial charge in [0, 0.05) is 28.8 Å². The maximum atomic E-state index is 3.75. The predicted octanol–water partition coefficient (Wildman–Crippen LogP) is 4.74. The van der Waals surface area contributed by atoms with Crippen molar-refractivity contribution in [2.75, 3.05) is 18.0 Å². The van der Waals surface area contributed by atoms with Gasteiger partial charge >= 0.3 is 0 Å². The predicted molar refractivity (Wildman–Crippen MR) is 91.4 cm³/mol. The van der Waals surface area contributed by atoms with Crippen LogP contribution in [-0.4, -0.2) is 19.1 Å². The van der Waals surface area contributed by atoms with E-state index in [-0.39, 0.29) is 0 Å². The van der Waals surface area contributed by atoms with Crippen LogP contribution in [0.5, 0.6) is 0 Å². The van der Waals surface area contributed by atoms with Crippen molar-refractivity contribution in [3.05, 3.63) is 28.2 Å². The van der Waals surface area contributed by atoms with Crippen molar-refractivity contribution in [2.24, 2.45) is 5.92 Å². The number of piperidine rings is 1. The zero-order valence-electron chi connectivity index (χ0n) is 13.1. The molecule has 0 spiro atoms. The Labute approximate surface area is 132 Å². The fourth-order valence-corrected chi connectivity index (χ4v) is 3.87. The molecule has 3 atom stereocenters. The second-order valence-electron chi connectivity index (χ2n) is 6.04. The van der Waals surface area contributed by atoms with E-state index in [1.54, 1.807) is 0 Å². The van der Waals surface area contributed by atoms with Crippen molar-refractivity contribution in [2.45, 2.75) is 52.6 Å². The Morgan fingerprint density at radius 2 is 2.15 bits per heavy atom. The third-order valence-electron chi connectivity index (χ3n) is 4.67. The van der Waals surface area contributed by atoms with E-state index in [4.69, 9.17) is 0 Å². The summed E-state index contributed by atoms with van der Waals surface area (Å²) in [5, 5.41) is 3.47. The number of hydrogen-bond donors (Lipinski definition) is 1. The van der Waals surface area contributed by atoms with E-state index in [9.17, 15) is 0 Å². The molecule has 112 valence electrons. The van der Waals surface area contributed by atoms with Crippen LogP contribution in [0.4, 0.5) is 5.69 Å². The van der Waals surface area contributed by atoms with Gasteiger partial charge in [0.05, 0.1) is 0 Å². The van der Waals surface area contributed by atoms with Gasteiger partial charge in [0.2, 0.25) is 0 Å². The maximum Gasteiger partial charge on any atom is 0.0380 e. The topological polar surface area (TPSA) is 15.3 Å². The molecule has 1 aromatic rings. The smallest absolute Gasteiger partial charge is 0.0380 e. The SMILES string of the molecule is CCNC(C)c1ccc(N2CCCC(C)C2C)cc1Br. The Morgan fingerprint density at radius 3 is 2.80 bits per heavy atom. The highest BCUT2D eigenvalue weighted by Crippen LogP contribution is 2.33. The van der Waals surface area contributed by atoms with E-state index in [1.807, 2.05) is 0 Å². The monoisotopic (exact) mass is 338 g/mol. The summed E-state index contributed by atoms with van der Waals surface area (Å²) in [6.07, 6.45) is 2.66. The first-order valence-corrected chi connectivity index (χ1v) is 8.63. The molecule has 1 aliphatic rings. The van der Waals surface area contributed by atoms with Crippen LogP contribution in [0.2, 0.25) is 0 Å². The van der Waals surface area contributed by atoms with Gasteiger partial charge in [-0.2, -0.15) is 0 Å². The highest BCUT2D eigenvalue weighted by molar-refractivity contribution is 9.10. The summed E-state index contributed by atoms with van der Waals surface area (Å²) in [6, 6.07) is 7.85. The number of rotatable bonds is 4. The second-order valence-corrected chi connectivity index (χ2v) is 6.89. The van der Waals surface area contributed by atoms with E-state index in [2.05, 4.69) is 72.0 Å². The molecule has 0 aromatic heterocycles. The lowest BCUT2D eigenvalue weighted by Crippen LogP contribution is -2.42. The van der Waals surface area contributed by atoms with Gasteiger partial charge in [-0.05, 0) is 56.8 Å². The highest BCUT2D eigenvalue weighted by atomic mass is 79.9. The molecule has 3 heteroatoms. The average molecular weight is 339 g/mol. The van der Waals surface area contributed by atoms with Crippen LogP contribution >= 0.6 is 15.9 Å². The number of nitrogens with one attached hydrogen (secondary N) is 1. The fraction of sp³-hybridized carbons (Fsp3) is 0.647. The number of hydrogen-bond acceptors (Lipinski definition) is 2. The molecule has 0 amide bonds. The van der Waals surface area contributed by atoms with Crippen molar-refractivity contribution in [3.8, 4) is 0 Å². The van der Waals surface area contributed by atoms with Gasteiger partial charge in [0.25, 0.3) is 0 Å². The van der Waals surface area contributed by atoms with Gasteiger partial charge < -0.3 is 10.2 Å². The minimum absolute atomic E-state index is 0.390. The van der Waals surface area contributed by atoms with Gasteiger partial charge in [0.1, 0.15) is 0 Å². The van der Waals surface area contributed by atoms with Gasteiger partial charge in [-0.3, -0.25) is 0 Å². The van der Waals surface area contributed by atoms with Gasteiger partial charge in [-0.1, -0.05) is 35.8 Å². The lowest BCUT2D eigenvalue weighted by Gasteiger charge is -2.40. The minimum Gasteiger partial charge on any atom is -0.369 e. The highest BCUT2D eigenvalue weighted by Gasteiger charge is 2.25. The summed E-state index contributed by atoms with van der Waals surface area (Å²) in [5.41, 5.74) is 2.69. The van der Waals surface area contributed by atoms with Crippen LogP contribution in [0.25, 0.3) is 0 Å². The van der Waals surface area contributed by atoms with Crippen molar-refractivity contribution >= 4 is 21.6 Å². The first-order valence-electron chi connectivity index (χ1n) is 7.84. The summed E-state index contributed by atoms with van der Waals surface area (Å²) in [5.74, 6) is 0.780. The van der Waals surface area contributed by atoms with E-state index >= 15 is 0 Å². The quantitative estimate of drug-likeness (QED) is 0.852. The molecule has 1 aromatic carbocycles. The largest absolute Gasteiger partial charge is 0.369 e. The molecule has 1 heterocycles. The van der Waals surface area contributed by atoms with Crippen LogP contribution in [-0.2, 0) is 0 Å². The second kappa shape index (κ2) is 6.95. The first kappa shape index (κ1) is 15.8. The molecule has 0 radical (unpaired) electrons. The molecule has 20 heavy (non-hydrogen) atoms. The zero-order valence-corrected chi connectivity index (χ0v) is 14.7. The summed E-state index contributed by atoms with van der Waals surface area (Å²) in [6.45, 7) is 11.3.